The predicted molar refractivity (Wildman–Crippen MR) is 85.8 cm³/mol. The molecule has 0 saturated heterocycles. The van der Waals surface area contributed by atoms with Crippen LogP contribution in [-0.4, -0.2) is 13.0 Å². The molecule has 1 aliphatic rings. The highest BCUT2D eigenvalue weighted by Gasteiger charge is 2.30. The van der Waals surface area contributed by atoms with Crippen molar-refractivity contribution in [1.82, 2.24) is 5.32 Å². The Balaban J connectivity index is 1.93. The average molecular weight is 347 g/mol. The summed E-state index contributed by atoms with van der Waals surface area (Å²) in [6.07, 6.45) is 0. The van der Waals surface area contributed by atoms with Gasteiger partial charge in [0.2, 0.25) is 5.91 Å². The monoisotopic (exact) mass is 346 g/mol. The summed E-state index contributed by atoms with van der Waals surface area (Å²) >= 11 is 3.51. The van der Waals surface area contributed by atoms with E-state index in [1.165, 1.54) is 5.56 Å². The Hall–Kier alpha value is -1.85. The number of hydrogen-bond donors (Lipinski definition) is 2. The number of rotatable bonds is 3. The largest absolute Gasteiger partial charge is 0.456 e. The van der Waals surface area contributed by atoms with Crippen LogP contribution in [-0.2, 0) is 4.79 Å². The van der Waals surface area contributed by atoms with Crippen molar-refractivity contribution >= 4 is 27.5 Å². The summed E-state index contributed by atoms with van der Waals surface area (Å²) in [4.78, 5) is 11.9. The molecule has 0 fully saturated rings. The average Bonchev–Trinajstić information content (AvgIpc) is 2.76. The molecule has 1 amide bonds. The van der Waals surface area contributed by atoms with Crippen molar-refractivity contribution in [1.29, 1.82) is 0 Å². The smallest absolute Gasteiger partial charge is 0.246 e. The highest BCUT2D eigenvalue weighted by Crippen LogP contribution is 2.40. The number of benzene rings is 2. The normalized spacial score (nSPS) is 16.5. The Labute approximate surface area is 131 Å². The fourth-order valence-electron chi connectivity index (χ4n) is 2.36. The number of carbonyl (C=O) groups excluding carboxylic acids is 1. The lowest BCUT2D eigenvalue weighted by Crippen LogP contribution is -2.23. The molecule has 5 heteroatoms. The third kappa shape index (κ3) is 2.66. The van der Waals surface area contributed by atoms with Gasteiger partial charge in [0.1, 0.15) is 17.5 Å². The van der Waals surface area contributed by atoms with Crippen LogP contribution in [0.5, 0.6) is 11.5 Å². The molecular weight excluding hydrogens is 332 g/mol. The molecule has 0 aliphatic carbocycles. The van der Waals surface area contributed by atoms with Gasteiger partial charge in [-0.3, -0.25) is 4.79 Å². The van der Waals surface area contributed by atoms with Crippen LogP contribution in [0.2, 0.25) is 0 Å². The number of halogens is 1. The second kappa shape index (κ2) is 5.50. The van der Waals surface area contributed by atoms with Crippen LogP contribution in [0.4, 0.5) is 5.69 Å². The standard InChI is InChI=1S/C16H15BrN2O2/c1-9-3-5-10(6-4-9)21-14-8-13-11(7-12(14)17)15(18-2)16(20)19-13/h3-8,15,18H,1-2H3,(H,19,20). The van der Waals surface area contributed by atoms with Gasteiger partial charge in [-0.2, -0.15) is 0 Å². The highest BCUT2D eigenvalue weighted by molar-refractivity contribution is 9.10. The van der Waals surface area contributed by atoms with Crippen LogP contribution < -0.4 is 15.4 Å². The van der Waals surface area contributed by atoms with Crippen LogP contribution in [0.1, 0.15) is 17.2 Å². The molecule has 0 spiro atoms. The van der Waals surface area contributed by atoms with Gasteiger partial charge >= 0.3 is 0 Å². The van der Waals surface area contributed by atoms with Crippen molar-refractivity contribution < 1.29 is 9.53 Å². The summed E-state index contributed by atoms with van der Waals surface area (Å²) in [6.45, 7) is 2.03. The van der Waals surface area contributed by atoms with Gasteiger partial charge in [0.05, 0.1) is 4.47 Å². The maximum atomic E-state index is 11.9. The number of fused-ring (bicyclic) bond motifs is 1. The predicted octanol–water partition coefficient (Wildman–Crippen LogP) is 3.76. The zero-order chi connectivity index (χ0) is 15.0. The minimum absolute atomic E-state index is 0.0492. The van der Waals surface area contributed by atoms with E-state index in [2.05, 4.69) is 26.6 Å². The van der Waals surface area contributed by atoms with Crippen molar-refractivity contribution in [2.75, 3.05) is 12.4 Å². The number of anilines is 1. The Morgan fingerprint density at radius 1 is 1.24 bits per heavy atom. The lowest BCUT2D eigenvalue weighted by molar-refractivity contribution is -0.117. The van der Waals surface area contributed by atoms with Crippen LogP contribution in [0.25, 0.3) is 0 Å². The summed E-state index contributed by atoms with van der Waals surface area (Å²) in [5.41, 5.74) is 2.88. The molecule has 1 aliphatic heterocycles. The van der Waals surface area contributed by atoms with Gasteiger partial charge in [0.15, 0.2) is 0 Å². The van der Waals surface area contributed by atoms with Gasteiger partial charge in [0.25, 0.3) is 0 Å². The van der Waals surface area contributed by atoms with Crippen molar-refractivity contribution in [3.8, 4) is 11.5 Å². The molecule has 2 aromatic carbocycles. The van der Waals surface area contributed by atoms with Gasteiger partial charge in [-0.25, -0.2) is 0 Å². The summed E-state index contributed by atoms with van der Waals surface area (Å²) < 4.78 is 6.69. The Kier molecular flexibility index (Phi) is 3.69. The quantitative estimate of drug-likeness (QED) is 0.889. The molecule has 4 nitrogen and oxygen atoms in total. The van der Waals surface area contributed by atoms with E-state index in [-0.39, 0.29) is 11.9 Å². The summed E-state index contributed by atoms with van der Waals surface area (Å²) in [5.74, 6) is 1.39. The minimum Gasteiger partial charge on any atom is -0.456 e. The number of amides is 1. The van der Waals surface area contributed by atoms with Crippen molar-refractivity contribution in [2.45, 2.75) is 13.0 Å². The zero-order valence-electron chi connectivity index (χ0n) is 11.7. The molecule has 1 heterocycles. The third-order valence-corrected chi connectivity index (χ3v) is 4.09. The number of carbonyl (C=O) groups is 1. The van der Waals surface area contributed by atoms with Gasteiger partial charge in [0, 0.05) is 17.3 Å². The van der Waals surface area contributed by atoms with E-state index in [0.717, 1.165) is 21.5 Å². The fraction of sp³-hybridized carbons (Fsp3) is 0.188. The fourth-order valence-corrected chi connectivity index (χ4v) is 2.80. The van der Waals surface area contributed by atoms with Crippen LogP contribution in [0.15, 0.2) is 40.9 Å². The van der Waals surface area contributed by atoms with E-state index >= 15 is 0 Å². The Morgan fingerprint density at radius 3 is 2.62 bits per heavy atom. The van der Waals surface area contributed by atoms with Crippen molar-refractivity contribution in [2.24, 2.45) is 0 Å². The van der Waals surface area contributed by atoms with E-state index in [9.17, 15) is 4.79 Å². The number of ether oxygens (including phenoxy) is 1. The molecule has 0 radical (unpaired) electrons. The lowest BCUT2D eigenvalue weighted by Gasteiger charge is -2.11. The van der Waals surface area contributed by atoms with Crippen molar-refractivity contribution in [3.05, 3.63) is 52.0 Å². The zero-order valence-corrected chi connectivity index (χ0v) is 13.3. The van der Waals surface area contributed by atoms with Crippen LogP contribution in [0.3, 0.4) is 0 Å². The van der Waals surface area contributed by atoms with E-state index in [1.807, 2.05) is 43.3 Å². The second-order valence-corrected chi connectivity index (χ2v) is 5.85. The van der Waals surface area contributed by atoms with Gasteiger partial charge in [-0.15, -0.1) is 0 Å². The first kappa shape index (κ1) is 14.1. The van der Waals surface area contributed by atoms with Crippen LogP contribution >= 0.6 is 15.9 Å². The second-order valence-electron chi connectivity index (χ2n) is 5.00. The number of likely N-dealkylation sites (N-methyl/N-ethyl adjacent to an activating group) is 1. The molecule has 108 valence electrons. The van der Waals surface area contributed by atoms with E-state index in [0.29, 0.717) is 5.75 Å². The van der Waals surface area contributed by atoms with Crippen LogP contribution in [0, 0.1) is 6.92 Å². The molecule has 0 aromatic heterocycles. The van der Waals surface area contributed by atoms with Crippen molar-refractivity contribution in [3.63, 3.8) is 0 Å². The molecule has 2 N–H and O–H groups in total. The third-order valence-electron chi connectivity index (χ3n) is 3.47. The first-order chi connectivity index (χ1) is 10.1. The maximum absolute atomic E-state index is 11.9. The number of nitrogens with one attached hydrogen (secondary N) is 2. The minimum atomic E-state index is -0.315. The molecule has 21 heavy (non-hydrogen) atoms. The topological polar surface area (TPSA) is 50.4 Å². The molecule has 1 unspecified atom stereocenters. The molecular formula is C16H15BrN2O2. The summed E-state index contributed by atoms with van der Waals surface area (Å²) in [6, 6.07) is 11.3. The molecule has 1 atom stereocenters. The van der Waals surface area contributed by atoms with E-state index < -0.39 is 0 Å². The summed E-state index contributed by atoms with van der Waals surface area (Å²) in [7, 11) is 1.77. The van der Waals surface area contributed by atoms with Gasteiger partial charge in [-0.1, -0.05) is 17.7 Å². The molecule has 2 aromatic rings. The molecule has 0 saturated carbocycles. The first-order valence-electron chi connectivity index (χ1n) is 6.64. The molecule has 0 bridgehead atoms. The SMILES string of the molecule is CNC1C(=O)Nc2cc(Oc3ccc(C)cc3)c(Br)cc21. The Morgan fingerprint density at radius 2 is 1.95 bits per heavy atom. The highest BCUT2D eigenvalue weighted by atomic mass is 79.9. The first-order valence-corrected chi connectivity index (χ1v) is 7.44. The number of hydrogen-bond acceptors (Lipinski definition) is 3. The Bertz CT molecular complexity index is 698. The van der Waals surface area contributed by atoms with E-state index in [1.54, 1.807) is 7.05 Å². The number of aryl methyl sites for hydroxylation is 1. The lowest BCUT2D eigenvalue weighted by atomic mass is 10.1. The van der Waals surface area contributed by atoms with Gasteiger partial charge in [-0.05, 0) is 48.1 Å². The van der Waals surface area contributed by atoms with E-state index in [4.69, 9.17) is 4.74 Å². The molecule has 3 rings (SSSR count). The maximum Gasteiger partial charge on any atom is 0.246 e. The summed E-state index contributed by atoms with van der Waals surface area (Å²) in [5, 5.41) is 5.86. The van der Waals surface area contributed by atoms with Gasteiger partial charge < -0.3 is 15.4 Å².